The summed E-state index contributed by atoms with van der Waals surface area (Å²) in [7, 11) is 0. The van der Waals surface area contributed by atoms with E-state index in [1.807, 2.05) is 24.3 Å². The van der Waals surface area contributed by atoms with Gasteiger partial charge in [0.15, 0.2) is 17.6 Å². The lowest BCUT2D eigenvalue weighted by Gasteiger charge is -2.27. The molecule has 1 aliphatic rings. The maximum Gasteiger partial charge on any atom is 0.161 e. The third kappa shape index (κ3) is 3.12. The number of hydrogen-bond acceptors (Lipinski definition) is 5. The number of rotatable bonds is 4. The molecule has 1 aliphatic heterocycles. The van der Waals surface area contributed by atoms with Gasteiger partial charge >= 0.3 is 0 Å². The van der Waals surface area contributed by atoms with Crippen LogP contribution in [0.15, 0.2) is 53.2 Å². The number of hydrogen-bond donors (Lipinski definition) is 0. The highest BCUT2D eigenvalue weighted by atomic mass is 32.1. The van der Waals surface area contributed by atoms with Crippen molar-refractivity contribution in [2.75, 3.05) is 6.61 Å². The Kier molecular flexibility index (Phi) is 4.45. The number of fused-ring (bicyclic) bond motifs is 1. The summed E-state index contributed by atoms with van der Waals surface area (Å²) in [6.45, 7) is 5.61. The van der Waals surface area contributed by atoms with E-state index in [0.29, 0.717) is 6.61 Å². The van der Waals surface area contributed by atoms with Crippen LogP contribution in [0.3, 0.4) is 0 Å². The number of ether oxygens (including phenoxy) is 2. The Bertz CT molecular complexity index is 1110. The van der Waals surface area contributed by atoms with Crippen molar-refractivity contribution in [2.24, 2.45) is 0 Å². The van der Waals surface area contributed by atoms with Gasteiger partial charge in [-0.15, -0.1) is 22.7 Å². The summed E-state index contributed by atoms with van der Waals surface area (Å²) in [5.41, 5.74) is 4.65. The molecule has 0 amide bonds. The van der Waals surface area contributed by atoms with Crippen molar-refractivity contribution < 1.29 is 9.47 Å². The molecule has 0 radical (unpaired) electrons. The lowest BCUT2D eigenvalue weighted by Crippen LogP contribution is -2.33. The topological polar surface area (TPSA) is 36.3 Å². The lowest BCUT2D eigenvalue weighted by atomic mass is 10.2. The van der Waals surface area contributed by atoms with Gasteiger partial charge in [0.05, 0.1) is 17.1 Å². The molecule has 0 spiro atoms. The molecule has 4 nitrogen and oxygen atoms in total. The van der Waals surface area contributed by atoms with Crippen molar-refractivity contribution in [2.45, 2.75) is 26.5 Å². The Morgan fingerprint density at radius 1 is 1.11 bits per heavy atom. The van der Waals surface area contributed by atoms with Crippen LogP contribution in [0.2, 0.25) is 0 Å². The fraction of sp³-hybridized carbons (Fsp3) is 0.227. The van der Waals surface area contributed by atoms with Crippen LogP contribution in [-0.2, 0) is 6.54 Å². The highest BCUT2D eigenvalue weighted by Crippen LogP contribution is 2.35. The Morgan fingerprint density at radius 2 is 1.96 bits per heavy atom. The van der Waals surface area contributed by atoms with Crippen LogP contribution in [0.5, 0.6) is 11.5 Å². The summed E-state index contributed by atoms with van der Waals surface area (Å²) >= 11 is 3.43. The Labute approximate surface area is 172 Å². The normalized spacial score (nSPS) is 15.7. The molecule has 5 rings (SSSR count). The first-order chi connectivity index (χ1) is 13.7. The highest BCUT2D eigenvalue weighted by molar-refractivity contribution is 7.20. The van der Waals surface area contributed by atoms with E-state index in [1.54, 1.807) is 22.7 Å². The van der Waals surface area contributed by atoms with Crippen LogP contribution in [-0.4, -0.2) is 22.3 Å². The van der Waals surface area contributed by atoms with Gasteiger partial charge < -0.3 is 14.0 Å². The zero-order valence-electron chi connectivity index (χ0n) is 15.7. The largest absolute Gasteiger partial charge is 0.486 e. The molecular weight excluding hydrogens is 388 g/mol. The van der Waals surface area contributed by atoms with Crippen LogP contribution in [0, 0.1) is 13.8 Å². The minimum Gasteiger partial charge on any atom is -0.486 e. The smallest absolute Gasteiger partial charge is 0.161 e. The lowest BCUT2D eigenvalue weighted by molar-refractivity contribution is 0.0778. The zero-order valence-corrected chi connectivity index (χ0v) is 17.3. The molecule has 0 aliphatic carbocycles. The number of thiazole rings is 1. The van der Waals surface area contributed by atoms with Gasteiger partial charge in [-0.3, -0.25) is 0 Å². The molecule has 1 aromatic carbocycles. The molecule has 0 saturated carbocycles. The summed E-state index contributed by atoms with van der Waals surface area (Å²) in [4.78, 5) is 6.09. The molecular formula is C22H20N2O2S2. The van der Waals surface area contributed by atoms with Crippen molar-refractivity contribution >= 4 is 22.7 Å². The van der Waals surface area contributed by atoms with E-state index >= 15 is 0 Å². The second kappa shape index (κ2) is 7.11. The quantitative estimate of drug-likeness (QED) is 0.428. The minimum absolute atomic E-state index is 0.00957. The SMILES string of the molecule is Cc1cc(-c2csc(-c3cccs3)n2)c(C)n1C[C@@H]1COc2ccccc2O1. The molecule has 28 heavy (non-hydrogen) atoms. The predicted molar refractivity (Wildman–Crippen MR) is 115 cm³/mol. The van der Waals surface area contributed by atoms with Crippen molar-refractivity contribution in [3.05, 3.63) is 64.6 Å². The maximum absolute atomic E-state index is 6.16. The molecule has 0 N–H and O–H groups in total. The zero-order chi connectivity index (χ0) is 19.1. The number of nitrogens with zero attached hydrogens (tertiary/aromatic N) is 2. The second-order valence-electron chi connectivity index (χ2n) is 6.91. The van der Waals surface area contributed by atoms with Gasteiger partial charge in [-0.1, -0.05) is 18.2 Å². The summed E-state index contributed by atoms with van der Waals surface area (Å²) < 4.78 is 14.3. The molecule has 4 aromatic rings. The summed E-state index contributed by atoms with van der Waals surface area (Å²) in [5.74, 6) is 1.64. The fourth-order valence-corrected chi connectivity index (χ4v) is 5.24. The first-order valence-electron chi connectivity index (χ1n) is 9.24. The Hall–Kier alpha value is -2.57. The summed E-state index contributed by atoms with van der Waals surface area (Å²) in [6.07, 6.45) is -0.00957. The maximum atomic E-state index is 6.16. The van der Waals surface area contributed by atoms with E-state index in [4.69, 9.17) is 14.5 Å². The Balaban J connectivity index is 1.40. The molecule has 3 aromatic heterocycles. The van der Waals surface area contributed by atoms with Gasteiger partial charge in [0.1, 0.15) is 11.6 Å². The molecule has 0 fully saturated rings. The van der Waals surface area contributed by atoms with Crippen LogP contribution in [0.4, 0.5) is 0 Å². The molecule has 6 heteroatoms. The van der Waals surface area contributed by atoms with Gasteiger partial charge in [-0.05, 0) is 43.5 Å². The number of para-hydroxylation sites is 2. The van der Waals surface area contributed by atoms with E-state index in [1.165, 1.54) is 21.8 Å². The molecule has 4 heterocycles. The monoisotopic (exact) mass is 408 g/mol. The van der Waals surface area contributed by atoms with E-state index in [0.717, 1.165) is 28.7 Å². The van der Waals surface area contributed by atoms with Crippen LogP contribution in [0.1, 0.15) is 11.4 Å². The van der Waals surface area contributed by atoms with Crippen LogP contribution >= 0.6 is 22.7 Å². The van der Waals surface area contributed by atoms with E-state index in [9.17, 15) is 0 Å². The van der Waals surface area contributed by atoms with E-state index in [2.05, 4.69) is 47.4 Å². The molecule has 0 unspecified atom stereocenters. The summed E-state index contributed by atoms with van der Waals surface area (Å²) in [5, 5.41) is 5.32. The molecule has 0 saturated heterocycles. The molecule has 0 bridgehead atoms. The van der Waals surface area contributed by atoms with Crippen molar-refractivity contribution in [1.29, 1.82) is 0 Å². The van der Waals surface area contributed by atoms with Gasteiger partial charge in [0, 0.05) is 22.3 Å². The van der Waals surface area contributed by atoms with Gasteiger partial charge in [-0.25, -0.2) is 4.98 Å². The molecule has 1 atom stereocenters. The van der Waals surface area contributed by atoms with Crippen molar-refractivity contribution in [1.82, 2.24) is 9.55 Å². The van der Waals surface area contributed by atoms with Gasteiger partial charge in [-0.2, -0.15) is 0 Å². The third-order valence-electron chi connectivity index (χ3n) is 5.04. The fourth-order valence-electron chi connectivity index (χ4n) is 3.61. The van der Waals surface area contributed by atoms with Crippen molar-refractivity contribution in [3.8, 4) is 32.6 Å². The summed E-state index contributed by atoms with van der Waals surface area (Å²) in [6, 6.07) is 14.3. The number of thiophene rings is 1. The van der Waals surface area contributed by atoms with Crippen LogP contribution < -0.4 is 9.47 Å². The highest BCUT2D eigenvalue weighted by Gasteiger charge is 2.23. The van der Waals surface area contributed by atoms with Gasteiger partial charge in [0.25, 0.3) is 0 Å². The van der Waals surface area contributed by atoms with E-state index in [-0.39, 0.29) is 6.10 Å². The minimum atomic E-state index is -0.00957. The van der Waals surface area contributed by atoms with Gasteiger partial charge in [0.2, 0.25) is 0 Å². The van der Waals surface area contributed by atoms with E-state index < -0.39 is 0 Å². The first-order valence-corrected chi connectivity index (χ1v) is 11.0. The second-order valence-corrected chi connectivity index (χ2v) is 8.71. The van der Waals surface area contributed by atoms with Crippen LogP contribution in [0.25, 0.3) is 21.1 Å². The molecule has 142 valence electrons. The third-order valence-corrected chi connectivity index (χ3v) is 6.92. The average molecular weight is 409 g/mol. The number of aryl methyl sites for hydroxylation is 1. The number of benzene rings is 1. The van der Waals surface area contributed by atoms with Crippen molar-refractivity contribution in [3.63, 3.8) is 0 Å². The number of aromatic nitrogens is 2. The Morgan fingerprint density at radius 3 is 2.79 bits per heavy atom. The average Bonchev–Trinajstić information content (AvgIpc) is 3.45. The standard InChI is InChI=1S/C22H20N2O2S2/c1-14-10-17(18-13-28-22(23-18)21-8-5-9-27-21)15(2)24(14)11-16-12-25-19-6-3-4-7-20(19)26-16/h3-10,13,16H,11-12H2,1-2H3/t16-/m1/s1. The first kappa shape index (κ1) is 17.5. The predicted octanol–water partition coefficient (Wildman–Crippen LogP) is 5.80.